The number of aryl methyl sites for hydroxylation is 1. The normalized spacial score (nSPS) is 12.5. The van der Waals surface area contributed by atoms with E-state index in [0.29, 0.717) is 17.9 Å². The lowest BCUT2D eigenvalue weighted by molar-refractivity contribution is -0.146. The molecule has 1 heterocycles. The molecule has 100 valence electrons. The Morgan fingerprint density at radius 3 is 2.44 bits per heavy atom. The zero-order valence-electron chi connectivity index (χ0n) is 11.0. The molecule has 0 saturated heterocycles. The first-order valence-corrected chi connectivity index (χ1v) is 6.23. The van der Waals surface area contributed by atoms with E-state index in [0.717, 1.165) is 0 Å². The fourth-order valence-corrected chi connectivity index (χ4v) is 1.87. The Bertz CT molecular complexity index is 545. The highest BCUT2D eigenvalue weighted by molar-refractivity contribution is 7.71. The van der Waals surface area contributed by atoms with Gasteiger partial charge in [-0.3, -0.25) is 14.6 Å². The van der Waals surface area contributed by atoms with Gasteiger partial charge in [0.25, 0.3) is 5.56 Å². The van der Waals surface area contributed by atoms with E-state index in [4.69, 9.17) is 17.0 Å². The van der Waals surface area contributed by atoms with E-state index < -0.39 is 11.9 Å². The van der Waals surface area contributed by atoms with Crippen molar-refractivity contribution in [2.24, 2.45) is 5.92 Å². The number of ether oxygens (including phenoxy) is 1. The summed E-state index contributed by atoms with van der Waals surface area (Å²) in [6, 6.07) is 0. The summed E-state index contributed by atoms with van der Waals surface area (Å²) >= 11 is 4.86. The minimum absolute atomic E-state index is 0.254. The van der Waals surface area contributed by atoms with Crippen molar-refractivity contribution >= 4 is 18.2 Å². The van der Waals surface area contributed by atoms with Crippen molar-refractivity contribution in [3.05, 3.63) is 26.4 Å². The van der Waals surface area contributed by atoms with Crippen LogP contribution in [0.25, 0.3) is 0 Å². The van der Waals surface area contributed by atoms with Crippen LogP contribution in [0.1, 0.15) is 37.9 Å². The van der Waals surface area contributed by atoms with Gasteiger partial charge in [0.15, 0.2) is 4.77 Å². The first-order chi connectivity index (χ1) is 8.32. The summed E-state index contributed by atoms with van der Waals surface area (Å²) in [5.41, 5.74) is 0.625. The number of nitrogens with one attached hydrogen (secondary N) is 2. The van der Waals surface area contributed by atoms with Crippen LogP contribution in [0.4, 0.5) is 0 Å². The number of aromatic nitrogens is 2. The maximum atomic E-state index is 11.8. The Hall–Kier alpha value is -1.43. The Morgan fingerprint density at radius 2 is 1.94 bits per heavy atom. The van der Waals surface area contributed by atoms with Gasteiger partial charge in [-0.2, -0.15) is 0 Å². The predicted molar refractivity (Wildman–Crippen MR) is 71.2 cm³/mol. The SMILES string of the molecule is Cc1[nH]c(=S)[nH]c(=O)c1[C@H](C)C(=O)OCC(C)C. The minimum Gasteiger partial charge on any atom is -0.465 e. The van der Waals surface area contributed by atoms with Crippen LogP contribution in [0.2, 0.25) is 0 Å². The molecule has 0 radical (unpaired) electrons. The maximum absolute atomic E-state index is 11.8. The molecule has 1 rings (SSSR count). The van der Waals surface area contributed by atoms with Gasteiger partial charge < -0.3 is 9.72 Å². The largest absolute Gasteiger partial charge is 0.465 e. The van der Waals surface area contributed by atoms with Gasteiger partial charge in [0.1, 0.15) is 0 Å². The van der Waals surface area contributed by atoms with Crippen LogP contribution in [-0.4, -0.2) is 22.5 Å². The topological polar surface area (TPSA) is 75.0 Å². The highest BCUT2D eigenvalue weighted by Crippen LogP contribution is 2.15. The average molecular weight is 270 g/mol. The van der Waals surface area contributed by atoms with Crippen molar-refractivity contribution < 1.29 is 9.53 Å². The van der Waals surface area contributed by atoms with Crippen LogP contribution in [0.3, 0.4) is 0 Å². The van der Waals surface area contributed by atoms with E-state index >= 15 is 0 Å². The van der Waals surface area contributed by atoms with E-state index in [-0.39, 0.29) is 16.2 Å². The quantitative estimate of drug-likeness (QED) is 0.648. The van der Waals surface area contributed by atoms with E-state index in [1.165, 1.54) is 0 Å². The van der Waals surface area contributed by atoms with Gasteiger partial charge in [-0.1, -0.05) is 13.8 Å². The number of carbonyl (C=O) groups excluding carboxylic acids is 1. The Morgan fingerprint density at radius 1 is 1.33 bits per heavy atom. The van der Waals surface area contributed by atoms with Crippen molar-refractivity contribution in [1.29, 1.82) is 0 Å². The lowest BCUT2D eigenvalue weighted by Crippen LogP contribution is -2.25. The summed E-state index contributed by atoms with van der Waals surface area (Å²) in [6.45, 7) is 7.62. The summed E-state index contributed by atoms with van der Waals surface area (Å²) in [7, 11) is 0. The van der Waals surface area contributed by atoms with E-state index in [1.807, 2.05) is 13.8 Å². The number of esters is 1. The average Bonchev–Trinajstić information content (AvgIpc) is 2.24. The summed E-state index contributed by atoms with van der Waals surface area (Å²) in [6.07, 6.45) is 0. The second kappa shape index (κ2) is 5.95. The number of aromatic amines is 2. The Balaban J connectivity index is 2.97. The van der Waals surface area contributed by atoms with E-state index in [1.54, 1.807) is 13.8 Å². The molecule has 0 aromatic carbocycles. The van der Waals surface area contributed by atoms with Crippen LogP contribution in [0.5, 0.6) is 0 Å². The monoisotopic (exact) mass is 270 g/mol. The number of hydrogen-bond donors (Lipinski definition) is 2. The second-order valence-corrected chi connectivity index (χ2v) is 5.10. The van der Waals surface area contributed by atoms with Gasteiger partial charge in [-0.25, -0.2) is 0 Å². The van der Waals surface area contributed by atoms with Gasteiger partial charge in [-0.05, 0) is 32.0 Å². The smallest absolute Gasteiger partial charge is 0.313 e. The first-order valence-electron chi connectivity index (χ1n) is 5.82. The minimum atomic E-state index is -0.612. The van der Waals surface area contributed by atoms with Crippen LogP contribution in [0.15, 0.2) is 4.79 Å². The van der Waals surface area contributed by atoms with Crippen molar-refractivity contribution in [3.8, 4) is 0 Å². The summed E-state index contributed by atoms with van der Waals surface area (Å²) in [4.78, 5) is 28.9. The van der Waals surface area contributed by atoms with Crippen LogP contribution >= 0.6 is 12.2 Å². The van der Waals surface area contributed by atoms with E-state index in [2.05, 4.69) is 9.97 Å². The molecule has 5 nitrogen and oxygen atoms in total. The van der Waals surface area contributed by atoms with Crippen LogP contribution in [0, 0.1) is 17.6 Å². The standard InChI is InChI=1S/C12H18N2O3S/c1-6(2)5-17-11(16)7(3)9-8(4)13-12(18)14-10(9)15/h6-7H,5H2,1-4H3,(H2,13,14,15,18)/t7-/m0/s1. The molecule has 2 N–H and O–H groups in total. The molecule has 0 aliphatic heterocycles. The summed E-state index contributed by atoms with van der Waals surface area (Å²) in [5.74, 6) is -0.746. The van der Waals surface area contributed by atoms with Gasteiger partial charge in [-0.15, -0.1) is 0 Å². The van der Waals surface area contributed by atoms with Crippen LogP contribution < -0.4 is 5.56 Å². The Labute approximate surface area is 111 Å². The molecule has 0 bridgehead atoms. The molecule has 6 heteroatoms. The first kappa shape index (κ1) is 14.6. The van der Waals surface area contributed by atoms with Crippen molar-refractivity contribution in [3.63, 3.8) is 0 Å². The predicted octanol–water partition coefficient (Wildman–Crippen LogP) is 2.04. The van der Waals surface area contributed by atoms with Crippen molar-refractivity contribution in [2.75, 3.05) is 6.61 Å². The third-order valence-corrected chi connectivity index (χ3v) is 2.73. The van der Waals surface area contributed by atoms with Crippen LogP contribution in [-0.2, 0) is 9.53 Å². The van der Waals surface area contributed by atoms with Gasteiger partial charge in [0.2, 0.25) is 0 Å². The number of carbonyl (C=O) groups is 1. The molecule has 0 spiro atoms. The number of hydrogen-bond acceptors (Lipinski definition) is 4. The molecule has 0 saturated carbocycles. The molecule has 1 aromatic heterocycles. The van der Waals surface area contributed by atoms with Crippen molar-refractivity contribution in [1.82, 2.24) is 9.97 Å². The molecule has 1 aromatic rings. The Kier molecular flexibility index (Phi) is 4.84. The lowest BCUT2D eigenvalue weighted by Gasteiger charge is -2.14. The number of rotatable bonds is 4. The molecule has 0 aliphatic rings. The van der Waals surface area contributed by atoms with Crippen molar-refractivity contribution in [2.45, 2.75) is 33.6 Å². The zero-order valence-corrected chi connectivity index (χ0v) is 11.8. The van der Waals surface area contributed by atoms with Gasteiger partial charge in [0, 0.05) is 5.69 Å². The zero-order chi connectivity index (χ0) is 13.9. The maximum Gasteiger partial charge on any atom is 0.313 e. The summed E-state index contributed by atoms with van der Waals surface area (Å²) < 4.78 is 5.38. The molecule has 0 aliphatic carbocycles. The molecular weight excluding hydrogens is 252 g/mol. The molecule has 0 unspecified atom stereocenters. The molecular formula is C12H18N2O3S. The third kappa shape index (κ3) is 3.53. The molecule has 0 amide bonds. The van der Waals surface area contributed by atoms with Gasteiger partial charge >= 0.3 is 5.97 Å². The highest BCUT2D eigenvalue weighted by atomic mass is 32.1. The lowest BCUT2D eigenvalue weighted by atomic mass is 10.0. The summed E-state index contributed by atoms with van der Waals surface area (Å²) in [5, 5.41) is 0. The molecule has 18 heavy (non-hydrogen) atoms. The van der Waals surface area contributed by atoms with E-state index in [9.17, 15) is 9.59 Å². The fraction of sp³-hybridized carbons (Fsp3) is 0.583. The van der Waals surface area contributed by atoms with Gasteiger partial charge in [0.05, 0.1) is 18.1 Å². The highest BCUT2D eigenvalue weighted by Gasteiger charge is 2.22. The molecule has 0 fully saturated rings. The molecule has 1 atom stereocenters. The third-order valence-electron chi connectivity index (χ3n) is 2.52. The second-order valence-electron chi connectivity index (χ2n) is 4.69. The number of H-pyrrole nitrogens is 2. The fourth-order valence-electron chi connectivity index (χ4n) is 1.62.